The van der Waals surface area contributed by atoms with Crippen molar-refractivity contribution in [3.8, 4) is 0 Å². The maximum atomic E-state index is 11.4. The summed E-state index contributed by atoms with van der Waals surface area (Å²) in [6, 6.07) is 0. The van der Waals surface area contributed by atoms with E-state index >= 15 is 0 Å². The molecule has 2 unspecified atom stereocenters. The summed E-state index contributed by atoms with van der Waals surface area (Å²) >= 11 is 18.9. The molecule has 0 saturated carbocycles. The van der Waals surface area contributed by atoms with E-state index in [9.17, 15) is 19.8 Å². The highest BCUT2D eigenvalue weighted by Gasteiger charge is 2.49. The Labute approximate surface area is 539 Å². The van der Waals surface area contributed by atoms with Gasteiger partial charge in [-0.2, -0.15) is 0 Å². The Kier molecular flexibility index (Phi) is 71.5. The second-order valence-electron chi connectivity index (χ2n) is 12.1. The molecule has 0 aliphatic carbocycles. The van der Waals surface area contributed by atoms with Crippen LogP contribution in [-0.4, -0.2) is 109 Å². The zero-order valence-corrected chi connectivity index (χ0v) is 65.5. The van der Waals surface area contributed by atoms with Crippen LogP contribution in [0.2, 0.25) is 0 Å². The quantitative estimate of drug-likeness (QED) is 0.0476. The fraction of sp³-hybridized carbons (Fsp3) is 0.926. The first kappa shape index (κ1) is 82.3. The minimum atomic E-state index is -1.09. The molecule has 0 aromatic heterocycles. The number of aliphatic hydroxyl groups excluding tert-OH is 3. The maximum Gasteiger partial charge on any atom is 0.303 e. The summed E-state index contributed by atoms with van der Waals surface area (Å²) in [7, 11) is 48.9. The minimum absolute atomic E-state index is 0.325. The largest absolute Gasteiger partial charge is 0.456 e. The lowest BCUT2D eigenvalue weighted by atomic mass is 10.1. The Balaban J connectivity index is 0. The Morgan fingerprint density at radius 2 is 0.880 bits per heavy atom. The number of hydrogen-bond donors (Lipinski definition) is 4. The van der Waals surface area contributed by atoms with Crippen LogP contribution < -0.4 is 5.73 Å². The average molecular weight is 1660 g/mol. The summed E-state index contributed by atoms with van der Waals surface area (Å²) in [4.78, 5) is 25.4. The van der Waals surface area contributed by atoms with Gasteiger partial charge in [0.15, 0.2) is 24.8 Å². The summed E-state index contributed by atoms with van der Waals surface area (Å²) in [6.07, 6.45) is 1.76. The second kappa shape index (κ2) is 65.2. The highest BCUT2D eigenvalue weighted by Crippen LogP contribution is 2.30. The summed E-state index contributed by atoms with van der Waals surface area (Å²) < 4.78 is 32.5. The lowest BCUT2D eigenvalue weighted by Crippen LogP contribution is -2.40. The summed E-state index contributed by atoms with van der Waals surface area (Å²) in [5.41, 5.74) is 13.6. The summed E-state index contributed by atoms with van der Waals surface area (Å²) in [6.45, 7) is 6.29. The van der Waals surface area contributed by atoms with Gasteiger partial charge in [-0.15, -0.1) is 0 Å². The molecule has 0 aromatic rings. The third kappa shape index (κ3) is 53.2. The highest BCUT2D eigenvalue weighted by atomic mass is 33.5. The monoisotopic (exact) mass is 1660 g/mol. The van der Waals surface area contributed by atoms with Crippen molar-refractivity contribution in [1.29, 1.82) is 0 Å². The predicted octanol–water partition coefficient (Wildman–Crippen LogP) is 1.75. The van der Waals surface area contributed by atoms with E-state index in [1.807, 2.05) is 6.92 Å². The van der Waals surface area contributed by atoms with Crippen LogP contribution in [0, 0.1) is 0 Å². The van der Waals surface area contributed by atoms with Crippen molar-refractivity contribution in [2.75, 3.05) is 32.9 Å². The van der Waals surface area contributed by atoms with Crippen LogP contribution in [0.15, 0.2) is 5.11 Å². The number of rotatable bonds is 19. The third-order valence-corrected chi connectivity index (χ3v) is 67.4. The molecule has 8 atom stereocenters. The van der Waals surface area contributed by atoms with E-state index in [-0.39, 0.29) is 12.7 Å². The van der Waals surface area contributed by atoms with E-state index in [2.05, 4.69) is 10.0 Å². The molecule has 48 heteroatoms. The van der Waals surface area contributed by atoms with Gasteiger partial charge >= 0.3 is 11.9 Å². The van der Waals surface area contributed by atoms with Gasteiger partial charge in [-0.3, -0.25) is 9.59 Å². The van der Waals surface area contributed by atoms with Gasteiger partial charge in [-0.25, -0.2) is 0 Å². The first-order chi connectivity index (χ1) is 36.5. The van der Waals surface area contributed by atoms with E-state index in [4.69, 9.17) is 89.5 Å². The highest BCUT2D eigenvalue weighted by molar-refractivity contribution is 8.78. The molecular formula is C27H50N4O11S33. The number of carbonyl (C=O) groups excluding carboxylic acids is 2. The molecule has 2 fully saturated rings. The molecule has 0 aromatic carbocycles. The van der Waals surface area contributed by atoms with Gasteiger partial charge in [0, 0.05) is 341 Å². The number of hydrogen-bond acceptors (Lipinski definition) is 17. The van der Waals surface area contributed by atoms with Gasteiger partial charge in [-0.05, 0) is 44.2 Å². The number of ether oxygens (including phenoxy) is 6. The van der Waals surface area contributed by atoms with Crippen LogP contribution in [0.5, 0.6) is 0 Å². The third-order valence-electron chi connectivity index (χ3n) is 7.40. The molecule has 2 heterocycles. The molecule has 15 nitrogen and oxygen atoms in total. The van der Waals surface area contributed by atoms with E-state index < -0.39 is 55.0 Å². The SMILES string of the molecule is CC[C@H]1O[C@@H](OCCCCCCN=[N+]=[N-])[C@@H](OC(C)=O)C1OC(C)=O.NCCCCCCO[C@@H]1O[C@H](CO)C(O)[C@@H]1O.S=S=S=S=S=S=S=S=S=S=S=S=S=S=S.S=S=S=S=S=S=S=S=S=S=S=S=S=S=S=S=S=S. The van der Waals surface area contributed by atoms with E-state index in [1.165, 1.54) is 49.4 Å². The Morgan fingerprint density at radius 1 is 0.533 bits per heavy atom. The number of nitrogens with two attached hydrogens (primary N) is 1. The van der Waals surface area contributed by atoms with Gasteiger partial charge in [0.05, 0.1) is 6.61 Å². The van der Waals surface area contributed by atoms with Crippen molar-refractivity contribution >= 4 is 314 Å². The summed E-state index contributed by atoms with van der Waals surface area (Å²) in [5.74, 6) is -0.931. The Bertz CT molecular complexity index is 2990. The smallest absolute Gasteiger partial charge is 0.303 e. The number of carbonyl (C=O) groups is 2. The lowest BCUT2D eigenvalue weighted by Gasteiger charge is -2.23. The van der Waals surface area contributed by atoms with Crippen molar-refractivity contribution in [3.63, 3.8) is 0 Å². The Hall–Kier alpha value is 5.19. The van der Waals surface area contributed by atoms with E-state index in [1.54, 1.807) is 222 Å². The average Bonchev–Trinajstić information content (AvgIpc) is 3.87. The molecule has 5 N–H and O–H groups in total. The number of unbranched alkanes of at least 4 members (excludes halogenated alkanes) is 6. The molecule has 0 bridgehead atoms. The number of azide groups is 1. The number of nitrogens with zero attached hydrogens (tertiary/aromatic N) is 3. The van der Waals surface area contributed by atoms with Crippen molar-refractivity contribution < 1.29 is 53.3 Å². The zero-order valence-electron chi connectivity index (χ0n) is 38.5. The molecule has 2 saturated heterocycles. The molecular weight excluding hydrogens is 1610 g/mol. The number of esters is 2. The van der Waals surface area contributed by atoms with E-state index in [0.717, 1.165) is 51.4 Å². The molecule has 2 aliphatic heterocycles. The van der Waals surface area contributed by atoms with Crippen molar-refractivity contribution in [1.82, 2.24) is 0 Å². The molecule has 442 valence electrons. The van der Waals surface area contributed by atoms with Crippen LogP contribution in [0.3, 0.4) is 0 Å². The number of aliphatic hydroxyl groups is 3. The second-order valence-corrected chi connectivity index (χ2v) is 63.4. The van der Waals surface area contributed by atoms with Crippen LogP contribution in [-0.2, 0) is 340 Å². The minimum Gasteiger partial charge on any atom is -0.456 e. The van der Waals surface area contributed by atoms with Crippen molar-refractivity contribution in [3.05, 3.63) is 10.4 Å². The maximum absolute atomic E-state index is 11.4. The molecule has 0 radical (unpaired) electrons. The first-order valence-corrected chi connectivity index (χ1v) is 61.3. The lowest BCUT2D eigenvalue weighted by molar-refractivity contribution is -0.188. The van der Waals surface area contributed by atoms with Gasteiger partial charge in [0.2, 0.25) is 0 Å². The first-order valence-electron chi connectivity index (χ1n) is 19.9. The molecule has 0 amide bonds. The van der Waals surface area contributed by atoms with Gasteiger partial charge in [0.25, 0.3) is 0 Å². The van der Waals surface area contributed by atoms with Crippen LogP contribution in [0.1, 0.15) is 78.6 Å². The van der Waals surface area contributed by atoms with Gasteiger partial charge in [0.1, 0.15) is 24.4 Å². The van der Waals surface area contributed by atoms with Gasteiger partial charge in [-0.1, -0.05) is 37.7 Å². The zero-order chi connectivity index (χ0) is 55.8. The summed E-state index contributed by atoms with van der Waals surface area (Å²) in [5, 5.41) is 31.4. The van der Waals surface area contributed by atoms with Crippen LogP contribution in [0.25, 0.3) is 10.4 Å². The molecule has 0 spiro atoms. The fourth-order valence-electron chi connectivity index (χ4n) is 4.77. The van der Waals surface area contributed by atoms with Crippen molar-refractivity contribution in [2.45, 2.75) is 128 Å². The fourth-order valence-corrected chi connectivity index (χ4v) is 73.4. The topological polar surface area (TPSA) is 225 Å². The van der Waals surface area contributed by atoms with E-state index in [0.29, 0.717) is 32.7 Å². The normalized spacial score (nSPS) is 19.1. The van der Waals surface area contributed by atoms with Gasteiger partial charge < -0.3 is 49.5 Å². The standard InChI is InChI=1S/C16H27N3O6.C11H23NO5.S18.S15/c1-4-13-14(23-11(2)20)15(24-12(3)21)16(25-13)22-10-8-6-5-7-9-18-19-17;12-5-3-1-2-4-6-16-11-10(15)9(14)8(7-13)17-11;1-3-5-7-9-11-13-15-17-18-16-14-12-10-8-6-4-2;1-3-5-7-9-11-13-15-14-12-10-8-6-4-2/h13-16H,4-10H2,1-3H3;8-11,13-15H,1-7,12H2;;/t13-,14?,15+,16-;8-,9?,10+,11-;;/m11../s1. The Morgan fingerprint density at radius 3 is 1.21 bits per heavy atom. The molecule has 2 aliphatic rings. The molecule has 2 rings (SSSR count). The van der Waals surface area contributed by atoms with Crippen molar-refractivity contribution in [2.24, 2.45) is 10.8 Å². The predicted molar refractivity (Wildman–Crippen MR) is 393 cm³/mol. The van der Waals surface area contributed by atoms with Crippen LogP contribution in [0.4, 0.5) is 0 Å². The molecule has 75 heavy (non-hydrogen) atoms. The van der Waals surface area contributed by atoms with Crippen LogP contribution >= 0.6 is 0 Å².